The van der Waals surface area contributed by atoms with Gasteiger partial charge in [-0.15, -0.1) is 6.42 Å². The van der Waals surface area contributed by atoms with Gasteiger partial charge in [-0.05, 0) is 28.1 Å². The van der Waals surface area contributed by atoms with Gasteiger partial charge in [0.15, 0.2) is 0 Å². The van der Waals surface area contributed by atoms with E-state index >= 15 is 0 Å². The molecule has 5 nitrogen and oxygen atoms in total. The number of carbonyl (C=O) groups is 2. The molecule has 1 aromatic rings. The molecule has 0 atom stereocenters. The number of nitrogens with one attached hydrogen (secondary N) is 1. The zero-order chi connectivity index (χ0) is 17.7. The predicted molar refractivity (Wildman–Crippen MR) is 93.3 cm³/mol. The number of benzene rings is 1. The lowest BCUT2D eigenvalue weighted by Crippen LogP contribution is -2.51. The van der Waals surface area contributed by atoms with E-state index in [1.54, 1.807) is 4.90 Å². The molecule has 1 aromatic carbocycles. The van der Waals surface area contributed by atoms with E-state index in [9.17, 15) is 14.0 Å². The molecule has 0 radical (unpaired) electrons. The molecule has 1 N–H and O–H groups in total. The van der Waals surface area contributed by atoms with E-state index in [1.165, 1.54) is 12.1 Å². The lowest BCUT2D eigenvalue weighted by molar-refractivity contribution is -0.122. The minimum Gasteiger partial charge on any atom is -0.344 e. The van der Waals surface area contributed by atoms with Gasteiger partial charge in [-0.2, -0.15) is 0 Å². The van der Waals surface area contributed by atoms with Crippen LogP contribution in [0.2, 0.25) is 5.02 Å². The number of piperazine rings is 1. The Morgan fingerprint density at radius 2 is 2.00 bits per heavy atom. The van der Waals surface area contributed by atoms with Gasteiger partial charge in [-0.1, -0.05) is 17.5 Å². The summed E-state index contributed by atoms with van der Waals surface area (Å²) in [5.74, 6) is 1.15. The van der Waals surface area contributed by atoms with Crippen molar-refractivity contribution in [2.45, 2.75) is 0 Å². The summed E-state index contributed by atoms with van der Waals surface area (Å²) in [6, 6.07) is 2.73. The summed E-state index contributed by atoms with van der Waals surface area (Å²) in [5.41, 5.74) is -0.0606. The molecule has 1 aliphatic rings. The maximum Gasteiger partial charge on any atom is 0.257 e. The normalized spacial score (nSPS) is 15.0. The Bertz CT molecular complexity index is 685. The van der Waals surface area contributed by atoms with Gasteiger partial charge in [0.25, 0.3) is 5.91 Å². The Kier molecular flexibility index (Phi) is 6.60. The third kappa shape index (κ3) is 4.69. The number of nitrogens with zero attached hydrogens (tertiary/aromatic N) is 2. The van der Waals surface area contributed by atoms with Crippen LogP contribution in [0.25, 0.3) is 0 Å². The van der Waals surface area contributed by atoms with Crippen molar-refractivity contribution < 1.29 is 14.0 Å². The van der Waals surface area contributed by atoms with Gasteiger partial charge in [-0.3, -0.25) is 14.5 Å². The highest BCUT2D eigenvalue weighted by Crippen LogP contribution is 2.25. The summed E-state index contributed by atoms with van der Waals surface area (Å²) in [4.78, 5) is 27.6. The van der Waals surface area contributed by atoms with E-state index in [4.69, 9.17) is 18.0 Å². The Labute approximate surface area is 153 Å². The van der Waals surface area contributed by atoms with E-state index in [1.807, 2.05) is 4.90 Å². The van der Waals surface area contributed by atoms with Gasteiger partial charge < -0.3 is 10.2 Å². The van der Waals surface area contributed by atoms with Crippen molar-refractivity contribution in [2.75, 3.05) is 39.3 Å². The highest BCUT2D eigenvalue weighted by Gasteiger charge is 2.26. The van der Waals surface area contributed by atoms with E-state index < -0.39 is 11.7 Å². The minimum absolute atomic E-state index is 0.0606. The average Bonchev–Trinajstić information content (AvgIpc) is 2.56. The summed E-state index contributed by atoms with van der Waals surface area (Å²) in [6.07, 6.45) is 5.08. The third-order valence-corrected chi connectivity index (χ3v) is 4.43. The van der Waals surface area contributed by atoms with Crippen LogP contribution in [-0.4, -0.2) is 60.9 Å². The molecular weight excluding hydrogens is 401 g/mol. The van der Waals surface area contributed by atoms with Gasteiger partial charge in [0.05, 0.1) is 23.1 Å². The molecule has 0 aromatic heterocycles. The number of rotatable bonds is 4. The summed E-state index contributed by atoms with van der Waals surface area (Å²) >= 11 is 8.94. The molecule has 2 amide bonds. The maximum atomic E-state index is 14.1. The zero-order valence-electron chi connectivity index (χ0n) is 12.8. The molecule has 128 valence electrons. The first-order chi connectivity index (χ1) is 11.4. The van der Waals surface area contributed by atoms with Crippen LogP contribution in [0.3, 0.4) is 0 Å². The molecule has 1 fully saturated rings. The molecule has 2 rings (SSSR count). The predicted octanol–water partition coefficient (Wildman–Crippen LogP) is 1.75. The van der Waals surface area contributed by atoms with Crippen molar-refractivity contribution in [2.24, 2.45) is 0 Å². The molecule has 24 heavy (non-hydrogen) atoms. The fourth-order valence-corrected chi connectivity index (χ4v) is 3.21. The van der Waals surface area contributed by atoms with Crippen molar-refractivity contribution in [1.29, 1.82) is 0 Å². The molecular formula is C16H16BrClFN3O2. The van der Waals surface area contributed by atoms with Crippen LogP contribution in [0.15, 0.2) is 16.6 Å². The lowest BCUT2D eigenvalue weighted by atomic mass is 10.1. The van der Waals surface area contributed by atoms with E-state index in [2.05, 4.69) is 27.2 Å². The second-order valence-corrected chi connectivity index (χ2v) is 6.59. The van der Waals surface area contributed by atoms with Crippen molar-refractivity contribution in [3.8, 4) is 12.3 Å². The molecule has 0 aliphatic carbocycles. The first-order valence-corrected chi connectivity index (χ1v) is 8.45. The quantitative estimate of drug-likeness (QED) is 0.601. The molecule has 1 saturated heterocycles. The van der Waals surface area contributed by atoms with Gasteiger partial charge in [0, 0.05) is 31.2 Å². The van der Waals surface area contributed by atoms with Crippen LogP contribution in [0.1, 0.15) is 10.4 Å². The third-order valence-electron chi connectivity index (χ3n) is 3.64. The Morgan fingerprint density at radius 3 is 2.62 bits per heavy atom. The number of hydrogen-bond donors (Lipinski definition) is 1. The topological polar surface area (TPSA) is 52.7 Å². The molecule has 0 saturated carbocycles. The number of terminal acetylenes is 1. The lowest BCUT2D eigenvalue weighted by Gasteiger charge is -2.34. The average molecular weight is 417 g/mol. The zero-order valence-corrected chi connectivity index (χ0v) is 15.2. The smallest absolute Gasteiger partial charge is 0.257 e. The Hall–Kier alpha value is -1.62. The van der Waals surface area contributed by atoms with Gasteiger partial charge >= 0.3 is 0 Å². The standard InChI is InChI=1S/C16H16BrClFN3O2/c1-2-3-20-14(23)10-21-4-6-22(7-5-21)16(24)12-8-11(18)9-13(17)15(12)19/h1,8-9H,3-7,10H2,(H,20,23). The summed E-state index contributed by atoms with van der Waals surface area (Å²) in [7, 11) is 0. The number of halogens is 3. The first-order valence-electron chi connectivity index (χ1n) is 7.28. The Balaban J connectivity index is 1.94. The largest absolute Gasteiger partial charge is 0.344 e. The fourth-order valence-electron chi connectivity index (χ4n) is 2.40. The van der Waals surface area contributed by atoms with Crippen molar-refractivity contribution in [1.82, 2.24) is 15.1 Å². The van der Waals surface area contributed by atoms with Crippen molar-refractivity contribution in [3.05, 3.63) is 33.0 Å². The fraction of sp³-hybridized carbons (Fsp3) is 0.375. The molecule has 8 heteroatoms. The monoisotopic (exact) mass is 415 g/mol. The van der Waals surface area contributed by atoms with Gasteiger partial charge in [-0.25, -0.2) is 4.39 Å². The van der Waals surface area contributed by atoms with Crippen LogP contribution in [0.5, 0.6) is 0 Å². The number of hydrogen-bond acceptors (Lipinski definition) is 3. The van der Waals surface area contributed by atoms with Crippen molar-refractivity contribution in [3.63, 3.8) is 0 Å². The maximum absolute atomic E-state index is 14.1. The van der Waals surface area contributed by atoms with Crippen LogP contribution in [-0.2, 0) is 4.79 Å². The molecule has 1 heterocycles. The highest BCUT2D eigenvalue weighted by molar-refractivity contribution is 9.10. The van der Waals surface area contributed by atoms with E-state index in [0.717, 1.165) is 0 Å². The van der Waals surface area contributed by atoms with Crippen LogP contribution >= 0.6 is 27.5 Å². The van der Waals surface area contributed by atoms with E-state index in [-0.39, 0.29) is 34.1 Å². The SMILES string of the molecule is C#CCNC(=O)CN1CCN(C(=O)c2cc(Cl)cc(Br)c2F)CC1. The van der Waals surface area contributed by atoms with Gasteiger partial charge in [0.1, 0.15) is 5.82 Å². The molecule has 0 bridgehead atoms. The minimum atomic E-state index is -0.625. The van der Waals surface area contributed by atoms with Crippen LogP contribution < -0.4 is 5.32 Å². The van der Waals surface area contributed by atoms with Gasteiger partial charge in [0.2, 0.25) is 5.91 Å². The molecule has 0 unspecified atom stereocenters. The van der Waals surface area contributed by atoms with Crippen LogP contribution in [0.4, 0.5) is 4.39 Å². The second-order valence-electron chi connectivity index (χ2n) is 5.30. The molecule has 0 spiro atoms. The number of amides is 2. The van der Waals surface area contributed by atoms with Crippen LogP contribution in [0, 0.1) is 18.2 Å². The summed E-state index contributed by atoms with van der Waals surface area (Å²) < 4.78 is 14.3. The van der Waals surface area contributed by atoms with Crippen molar-refractivity contribution >= 4 is 39.3 Å². The second kappa shape index (κ2) is 8.47. The van der Waals surface area contributed by atoms with E-state index in [0.29, 0.717) is 26.2 Å². The summed E-state index contributed by atoms with van der Waals surface area (Å²) in [5, 5.41) is 2.88. The number of carbonyl (C=O) groups excluding carboxylic acids is 2. The highest BCUT2D eigenvalue weighted by atomic mass is 79.9. The molecule has 1 aliphatic heterocycles. The Morgan fingerprint density at radius 1 is 1.33 bits per heavy atom. The first kappa shape index (κ1) is 18.7. The summed E-state index contributed by atoms with van der Waals surface area (Å²) in [6.45, 7) is 2.29.